The van der Waals surface area contributed by atoms with Crippen LogP contribution in [0.2, 0.25) is 0 Å². The van der Waals surface area contributed by atoms with Gasteiger partial charge in [-0.25, -0.2) is 0 Å². The molecule has 0 saturated heterocycles. The molecule has 3 heteroatoms. The first-order valence-electron chi connectivity index (χ1n) is 4.06. The first-order chi connectivity index (χ1) is 6.68. The van der Waals surface area contributed by atoms with Gasteiger partial charge in [0, 0.05) is 9.13 Å². The van der Waals surface area contributed by atoms with Crippen LogP contribution in [-0.2, 0) is 0 Å². The number of carbonyl (C=O) groups excluding carboxylic acids is 1. The molecule has 0 aromatic heterocycles. The molecular formula is C11H6ClIO. The van der Waals surface area contributed by atoms with Crippen molar-refractivity contribution in [2.24, 2.45) is 0 Å². The quantitative estimate of drug-likeness (QED) is 0.577. The summed E-state index contributed by atoms with van der Waals surface area (Å²) in [6.07, 6.45) is 0. The summed E-state index contributed by atoms with van der Waals surface area (Å²) in [6, 6.07) is 11.7. The van der Waals surface area contributed by atoms with Crippen LogP contribution in [0.1, 0.15) is 10.4 Å². The Kier molecular flexibility index (Phi) is 2.74. The highest BCUT2D eigenvalue weighted by atomic mass is 127. The lowest BCUT2D eigenvalue weighted by atomic mass is 10.1. The molecule has 0 aliphatic carbocycles. The summed E-state index contributed by atoms with van der Waals surface area (Å²) in [5.41, 5.74) is 0.575. The van der Waals surface area contributed by atoms with Crippen LogP contribution >= 0.6 is 34.2 Å². The SMILES string of the molecule is O=C(Cl)c1cc2ccccc2cc1I. The van der Waals surface area contributed by atoms with Gasteiger partial charge in [0.05, 0.1) is 0 Å². The number of hydrogen-bond acceptors (Lipinski definition) is 1. The number of benzene rings is 2. The summed E-state index contributed by atoms with van der Waals surface area (Å²) in [4.78, 5) is 11.1. The molecule has 0 saturated carbocycles. The first kappa shape index (κ1) is 9.93. The van der Waals surface area contributed by atoms with Crippen molar-refractivity contribution in [3.8, 4) is 0 Å². The Labute approximate surface area is 100 Å². The zero-order valence-corrected chi connectivity index (χ0v) is 10.0. The average Bonchev–Trinajstić information content (AvgIpc) is 2.16. The third-order valence-corrected chi connectivity index (χ3v) is 3.14. The van der Waals surface area contributed by atoms with Gasteiger partial charge in [-0.15, -0.1) is 0 Å². The van der Waals surface area contributed by atoms with Gasteiger partial charge in [0.25, 0.3) is 5.24 Å². The van der Waals surface area contributed by atoms with E-state index in [4.69, 9.17) is 11.6 Å². The molecule has 0 atom stereocenters. The van der Waals surface area contributed by atoms with Crippen molar-refractivity contribution in [3.63, 3.8) is 0 Å². The largest absolute Gasteiger partial charge is 0.276 e. The average molecular weight is 317 g/mol. The zero-order chi connectivity index (χ0) is 10.1. The Hall–Kier alpha value is -0.610. The van der Waals surface area contributed by atoms with E-state index in [2.05, 4.69) is 22.6 Å². The molecular weight excluding hydrogens is 310 g/mol. The molecule has 0 spiro atoms. The number of rotatable bonds is 1. The highest BCUT2D eigenvalue weighted by Crippen LogP contribution is 2.22. The maximum absolute atomic E-state index is 11.1. The minimum Gasteiger partial charge on any atom is -0.276 e. The summed E-state index contributed by atoms with van der Waals surface area (Å²) in [6.45, 7) is 0. The van der Waals surface area contributed by atoms with Crippen molar-refractivity contribution in [2.75, 3.05) is 0 Å². The topological polar surface area (TPSA) is 17.1 Å². The van der Waals surface area contributed by atoms with E-state index >= 15 is 0 Å². The molecule has 0 radical (unpaired) electrons. The molecule has 0 bridgehead atoms. The van der Waals surface area contributed by atoms with Crippen LogP contribution in [0, 0.1) is 3.57 Å². The maximum Gasteiger partial charge on any atom is 0.253 e. The van der Waals surface area contributed by atoms with Gasteiger partial charge in [-0.3, -0.25) is 4.79 Å². The lowest BCUT2D eigenvalue weighted by molar-refractivity contribution is 0.108. The van der Waals surface area contributed by atoms with Crippen LogP contribution in [-0.4, -0.2) is 5.24 Å². The van der Waals surface area contributed by atoms with Gasteiger partial charge in [0.2, 0.25) is 0 Å². The van der Waals surface area contributed by atoms with Crippen LogP contribution in [0.3, 0.4) is 0 Å². The molecule has 0 fully saturated rings. The number of hydrogen-bond donors (Lipinski definition) is 0. The van der Waals surface area contributed by atoms with Gasteiger partial charge in [0.1, 0.15) is 0 Å². The molecule has 0 amide bonds. The summed E-state index contributed by atoms with van der Waals surface area (Å²) in [5, 5.41) is 1.76. The second kappa shape index (κ2) is 3.87. The highest BCUT2D eigenvalue weighted by Gasteiger charge is 2.07. The number of carbonyl (C=O) groups is 1. The second-order valence-electron chi connectivity index (χ2n) is 2.95. The molecule has 70 valence electrons. The Balaban J connectivity index is 2.77. The van der Waals surface area contributed by atoms with Crippen LogP contribution in [0.4, 0.5) is 0 Å². The number of fused-ring (bicyclic) bond motifs is 1. The summed E-state index contributed by atoms with van der Waals surface area (Å²) >= 11 is 7.58. The molecule has 14 heavy (non-hydrogen) atoms. The predicted octanol–water partition coefficient (Wildman–Crippen LogP) is 3.82. The molecule has 2 aromatic carbocycles. The van der Waals surface area contributed by atoms with Crippen LogP contribution < -0.4 is 0 Å². The van der Waals surface area contributed by atoms with Crippen LogP contribution in [0.15, 0.2) is 36.4 Å². The van der Waals surface area contributed by atoms with Gasteiger partial charge in [-0.1, -0.05) is 24.3 Å². The lowest BCUT2D eigenvalue weighted by Gasteiger charge is -2.02. The van der Waals surface area contributed by atoms with E-state index in [9.17, 15) is 4.79 Å². The fraction of sp³-hybridized carbons (Fsp3) is 0. The molecule has 1 nitrogen and oxygen atoms in total. The van der Waals surface area contributed by atoms with Crippen molar-refractivity contribution < 1.29 is 4.79 Å². The van der Waals surface area contributed by atoms with E-state index in [0.717, 1.165) is 14.3 Å². The lowest BCUT2D eigenvalue weighted by Crippen LogP contribution is -1.92. The first-order valence-corrected chi connectivity index (χ1v) is 5.52. The smallest absolute Gasteiger partial charge is 0.253 e. The molecule has 2 aromatic rings. The Morgan fingerprint density at radius 2 is 1.71 bits per heavy atom. The fourth-order valence-electron chi connectivity index (χ4n) is 1.36. The maximum atomic E-state index is 11.1. The van der Waals surface area contributed by atoms with Gasteiger partial charge in [0.15, 0.2) is 0 Å². The molecule has 0 unspecified atom stereocenters. The molecule has 2 rings (SSSR count). The molecule has 0 heterocycles. The van der Waals surface area contributed by atoms with Crippen molar-refractivity contribution in [3.05, 3.63) is 45.5 Å². The van der Waals surface area contributed by atoms with Gasteiger partial charge < -0.3 is 0 Å². The second-order valence-corrected chi connectivity index (χ2v) is 4.46. The Morgan fingerprint density at radius 3 is 2.29 bits per heavy atom. The van der Waals surface area contributed by atoms with Crippen LogP contribution in [0.25, 0.3) is 10.8 Å². The molecule has 0 aliphatic rings. The van der Waals surface area contributed by atoms with Crippen molar-refractivity contribution >= 4 is 50.2 Å². The fourth-order valence-corrected chi connectivity index (χ4v) is 2.42. The minimum absolute atomic E-state index is 0.403. The van der Waals surface area contributed by atoms with Crippen molar-refractivity contribution in [1.29, 1.82) is 0 Å². The number of halogens is 2. The van der Waals surface area contributed by atoms with Crippen molar-refractivity contribution in [2.45, 2.75) is 0 Å². The van der Waals surface area contributed by atoms with E-state index in [1.54, 1.807) is 0 Å². The van der Waals surface area contributed by atoms with E-state index in [0.29, 0.717) is 5.56 Å². The summed E-state index contributed by atoms with van der Waals surface area (Å²) < 4.78 is 0.890. The third kappa shape index (κ3) is 1.77. The predicted molar refractivity (Wildman–Crippen MR) is 66.8 cm³/mol. The normalized spacial score (nSPS) is 10.4. The zero-order valence-electron chi connectivity index (χ0n) is 7.13. The molecule has 0 aliphatic heterocycles. The van der Waals surface area contributed by atoms with Gasteiger partial charge in [-0.2, -0.15) is 0 Å². The van der Waals surface area contributed by atoms with Crippen LogP contribution in [0.5, 0.6) is 0 Å². The standard InChI is InChI=1S/C11H6ClIO/c12-11(14)9-5-7-3-1-2-4-8(7)6-10(9)13/h1-6H. The molecule has 0 N–H and O–H groups in total. The monoisotopic (exact) mass is 316 g/mol. The van der Waals surface area contributed by atoms with E-state index in [-0.39, 0.29) is 0 Å². The van der Waals surface area contributed by atoms with Crippen molar-refractivity contribution in [1.82, 2.24) is 0 Å². The van der Waals surface area contributed by atoms with E-state index in [1.807, 2.05) is 36.4 Å². The summed E-state index contributed by atoms with van der Waals surface area (Å²) in [5.74, 6) is 0. The Morgan fingerprint density at radius 1 is 1.14 bits per heavy atom. The van der Waals surface area contributed by atoms with Gasteiger partial charge >= 0.3 is 0 Å². The summed E-state index contributed by atoms with van der Waals surface area (Å²) in [7, 11) is 0. The van der Waals surface area contributed by atoms with E-state index in [1.165, 1.54) is 0 Å². The Bertz CT molecular complexity index is 508. The highest BCUT2D eigenvalue weighted by molar-refractivity contribution is 14.1. The van der Waals surface area contributed by atoms with Gasteiger partial charge in [-0.05, 0) is 57.1 Å². The minimum atomic E-state index is -0.403. The van der Waals surface area contributed by atoms with E-state index < -0.39 is 5.24 Å². The third-order valence-electron chi connectivity index (χ3n) is 2.05.